The van der Waals surface area contributed by atoms with Gasteiger partial charge < -0.3 is 10.4 Å². The van der Waals surface area contributed by atoms with Crippen molar-refractivity contribution in [3.63, 3.8) is 0 Å². The van der Waals surface area contributed by atoms with Gasteiger partial charge in [-0.25, -0.2) is 9.78 Å². The number of benzene rings is 2. The predicted octanol–water partition coefficient (Wildman–Crippen LogP) is 5.20. The number of nitrogens with zero attached hydrogens (tertiary/aromatic N) is 2. The van der Waals surface area contributed by atoms with Gasteiger partial charge in [-0.3, -0.25) is 14.2 Å². The number of hydrogen-bond donors (Lipinski definition) is 2. The Morgan fingerprint density at radius 3 is 2.56 bits per heavy atom. The predicted molar refractivity (Wildman–Crippen MR) is 135 cm³/mol. The largest absolute Gasteiger partial charge is 0.478 e. The first kappa shape index (κ1) is 23.4. The monoisotopic (exact) mass is 475 g/mol. The number of anilines is 1. The highest BCUT2D eigenvalue weighted by Gasteiger charge is 2.22. The lowest BCUT2D eigenvalue weighted by molar-refractivity contribution is -0.116. The van der Waals surface area contributed by atoms with Crippen molar-refractivity contribution >= 4 is 39.1 Å². The molecule has 0 radical (unpaired) electrons. The molecule has 4 aromatic rings. The average molecular weight is 476 g/mol. The summed E-state index contributed by atoms with van der Waals surface area (Å²) in [6.45, 7) is 7.64. The maximum absolute atomic E-state index is 13.5. The quantitative estimate of drug-likeness (QED) is 0.399. The van der Waals surface area contributed by atoms with Gasteiger partial charge in [0.1, 0.15) is 17.2 Å². The van der Waals surface area contributed by atoms with Gasteiger partial charge in [-0.2, -0.15) is 0 Å². The molecule has 1 amide bonds. The first-order valence-electron chi connectivity index (χ1n) is 10.9. The van der Waals surface area contributed by atoms with Gasteiger partial charge in [-0.05, 0) is 37.0 Å². The number of para-hydroxylation sites is 1. The lowest BCUT2D eigenvalue weighted by Crippen LogP contribution is -2.30. The van der Waals surface area contributed by atoms with Crippen molar-refractivity contribution < 1.29 is 14.7 Å². The Bertz CT molecular complexity index is 1480. The normalized spacial score (nSPS) is 11.2. The topological polar surface area (TPSA) is 101 Å². The number of fused-ring (bicyclic) bond motifs is 1. The molecule has 2 aromatic carbocycles. The molecule has 2 N–H and O–H groups in total. The van der Waals surface area contributed by atoms with Crippen LogP contribution in [0.2, 0.25) is 0 Å². The molecule has 0 unspecified atom stereocenters. The van der Waals surface area contributed by atoms with Crippen LogP contribution >= 0.6 is 11.3 Å². The standard InChI is InChI=1S/C26H25N3O4S/c1-14(2)18-10-6-8-16(4)22(18)27-20(30)12-29-23(17-9-5-7-15(3)11-17)28-24-21(25(29)31)19(13-34-24)26(32)33/h5-11,13-14H,12H2,1-4H3,(H,27,30)(H,32,33). The fourth-order valence-electron chi connectivity index (χ4n) is 4.00. The number of aromatic nitrogens is 2. The van der Waals surface area contributed by atoms with E-state index < -0.39 is 11.5 Å². The third kappa shape index (κ3) is 4.36. The smallest absolute Gasteiger partial charge is 0.337 e. The molecular formula is C26H25N3O4S. The molecule has 174 valence electrons. The van der Waals surface area contributed by atoms with Crippen molar-refractivity contribution in [3.05, 3.63) is 80.5 Å². The van der Waals surface area contributed by atoms with E-state index in [1.807, 2.05) is 70.2 Å². The second-order valence-electron chi connectivity index (χ2n) is 8.57. The maximum Gasteiger partial charge on any atom is 0.337 e. The van der Waals surface area contributed by atoms with Gasteiger partial charge >= 0.3 is 5.97 Å². The number of carboxylic acids is 1. The first-order valence-corrected chi connectivity index (χ1v) is 11.8. The van der Waals surface area contributed by atoms with Crippen molar-refractivity contribution in [2.24, 2.45) is 0 Å². The van der Waals surface area contributed by atoms with Crippen LogP contribution in [0.4, 0.5) is 5.69 Å². The highest BCUT2D eigenvalue weighted by Crippen LogP contribution is 2.28. The van der Waals surface area contributed by atoms with Crippen LogP contribution in [0.25, 0.3) is 21.6 Å². The van der Waals surface area contributed by atoms with Gasteiger partial charge in [0.25, 0.3) is 5.56 Å². The molecule has 0 aliphatic rings. The summed E-state index contributed by atoms with van der Waals surface area (Å²) in [4.78, 5) is 43.3. The molecule has 0 saturated heterocycles. The Morgan fingerprint density at radius 1 is 1.15 bits per heavy atom. The van der Waals surface area contributed by atoms with E-state index >= 15 is 0 Å². The third-order valence-corrected chi connectivity index (χ3v) is 6.57. The first-order chi connectivity index (χ1) is 16.2. The molecule has 0 aliphatic carbocycles. The summed E-state index contributed by atoms with van der Waals surface area (Å²) in [5.74, 6) is -1.07. The van der Waals surface area contributed by atoms with Gasteiger partial charge in [0.2, 0.25) is 5.91 Å². The summed E-state index contributed by atoms with van der Waals surface area (Å²) in [5.41, 5.74) is 3.64. The maximum atomic E-state index is 13.5. The van der Waals surface area contributed by atoms with Crippen LogP contribution in [0.3, 0.4) is 0 Å². The van der Waals surface area contributed by atoms with Gasteiger partial charge in [0.15, 0.2) is 0 Å². The Labute approximate surface area is 200 Å². The van der Waals surface area contributed by atoms with Crippen molar-refractivity contribution in [3.8, 4) is 11.4 Å². The SMILES string of the molecule is Cc1cccc(-c2nc3scc(C(=O)O)c3c(=O)n2CC(=O)Nc2c(C)cccc2C(C)C)c1. The minimum atomic E-state index is -1.20. The zero-order valence-electron chi connectivity index (χ0n) is 19.4. The minimum Gasteiger partial charge on any atom is -0.478 e. The van der Waals surface area contributed by atoms with Crippen LogP contribution < -0.4 is 10.9 Å². The second kappa shape index (κ2) is 9.23. The molecule has 0 spiro atoms. The number of carboxylic acid groups (broad SMARTS) is 1. The highest BCUT2D eigenvalue weighted by atomic mass is 32.1. The van der Waals surface area contributed by atoms with E-state index in [0.29, 0.717) is 16.2 Å². The minimum absolute atomic E-state index is 0.0143. The van der Waals surface area contributed by atoms with E-state index in [1.54, 1.807) is 0 Å². The summed E-state index contributed by atoms with van der Waals surface area (Å²) in [6, 6.07) is 13.3. The van der Waals surface area contributed by atoms with Crippen molar-refractivity contribution in [1.82, 2.24) is 9.55 Å². The van der Waals surface area contributed by atoms with E-state index in [4.69, 9.17) is 0 Å². The number of nitrogens with one attached hydrogen (secondary N) is 1. The molecule has 8 heteroatoms. The van der Waals surface area contributed by atoms with E-state index in [2.05, 4.69) is 10.3 Å². The fraction of sp³-hybridized carbons (Fsp3) is 0.231. The van der Waals surface area contributed by atoms with Crippen LogP contribution in [0.1, 0.15) is 46.8 Å². The van der Waals surface area contributed by atoms with Gasteiger partial charge in [0.05, 0.1) is 10.9 Å². The Hall–Kier alpha value is -3.78. The Morgan fingerprint density at radius 2 is 1.88 bits per heavy atom. The lowest BCUT2D eigenvalue weighted by Gasteiger charge is -2.18. The van der Waals surface area contributed by atoms with E-state index in [1.165, 1.54) is 9.95 Å². The van der Waals surface area contributed by atoms with Gasteiger partial charge in [-0.15, -0.1) is 11.3 Å². The summed E-state index contributed by atoms with van der Waals surface area (Å²) in [5, 5.41) is 13.9. The molecule has 2 aromatic heterocycles. The molecule has 0 bridgehead atoms. The summed E-state index contributed by atoms with van der Waals surface area (Å²) in [7, 11) is 0. The van der Waals surface area contributed by atoms with Crippen LogP contribution in [0.15, 0.2) is 52.6 Å². The highest BCUT2D eigenvalue weighted by molar-refractivity contribution is 7.17. The summed E-state index contributed by atoms with van der Waals surface area (Å²) >= 11 is 1.10. The third-order valence-electron chi connectivity index (χ3n) is 5.69. The molecular weight excluding hydrogens is 450 g/mol. The fourth-order valence-corrected chi connectivity index (χ4v) is 4.90. The molecule has 34 heavy (non-hydrogen) atoms. The summed E-state index contributed by atoms with van der Waals surface area (Å²) in [6.07, 6.45) is 0. The zero-order chi connectivity index (χ0) is 24.6. The van der Waals surface area contributed by atoms with Crippen LogP contribution in [0, 0.1) is 13.8 Å². The van der Waals surface area contributed by atoms with Crippen LogP contribution in [-0.2, 0) is 11.3 Å². The van der Waals surface area contributed by atoms with Gasteiger partial charge in [-0.1, -0.05) is 55.8 Å². The van der Waals surface area contributed by atoms with Gasteiger partial charge in [0, 0.05) is 16.6 Å². The number of carbonyl (C=O) groups excluding carboxylic acids is 1. The molecule has 0 fully saturated rings. The average Bonchev–Trinajstić information content (AvgIpc) is 3.21. The lowest BCUT2D eigenvalue weighted by atomic mass is 9.98. The second-order valence-corrected chi connectivity index (χ2v) is 9.43. The number of thiophene rings is 1. The van der Waals surface area contributed by atoms with Crippen molar-refractivity contribution in [1.29, 1.82) is 0 Å². The van der Waals surface area contributed by atoms with Crippen molar-refractivity contribution in [2.45, 2.75) is 40.2 Å². The van der Waals surface area contributed by atoms with E-state index in [-0.39, 0.29) is 29.3 Å². The molecule has 0 atom stereocenters. The number of carbonyl (C=O) groups is 2. The van der Waals surface area contributed by atoms with Crippen LogP contribution in [0.5, 0.6) is 0 Å². The molecule has 0 aliphatic heterocycles. The number of aromatic carboxylic acids is 1. The molecule has 2 heterocycles. The van der Waals surface area contributed by atoms with E-state index in [9.17, 15) is 19.5 Å². The number of rotatable bonds is 6. The number of hydrogen-bond acceptors (Lipinski definition) is 5. The number of aryl methyl sites for hydroxylation is 2. The zero-order valence-corrected chi connectivity index (χ0v) is 20.2. The molecule has 0 saturated carbocycles. The summed E-state index contributed by atoms with van der Waals surface area (Å²) < 4.78 is 1.26. The Balaban J connectivity index is 1.84. The molecule has 4 rings (SSSR count). The number of amides is 1. The van der Waals surface area contributed by atoms with E-state index in [0.717, 1.165) is 33.7 Å². The Kier molecular flexibility index (Phi) is 6.34. The van der Waals surface area contributed by atoms with Crippen LogP contribution in [-0.4, -0.2) is 26.5 Å². The molecule has 7 nitrogen and oxygen atoms in total. The van der Waals surface area contributed by atoms with Crippen molar-refractivity contribution in [2.75, 3.05) is 5.32 Å².